The number of aliphatic hydroxyl groups is 1. The molecule has 5 aromatic carbocycles. The maximum atomic E-state index is 14.2. The predicted octanol–water partition coefficient (Wildman–Crippen LogP) is 13.9. The van der Waals surface area contributed by atoms with Crippen LogP contribution in [0.1, 0.15) is 85.3 Å². The molecule has 3 nitrogen and oxygen atoms in total. The number of benzene rings is 5. The molecule has 7 heteroatoms. The van der Waals surface area contributed by atoms with Gasteiger partial charge in [0.15, 0.2) is 5.78 Å². The predicted molar refractivity (Wildman–Crippen MR) is 214 cm³/mol. The second-order valence-electron chi connectivity index (χ2n) is 14.7. The van der Waals surface area contributed by atoms with E-state index in [9.17, 15) is 23.1 Å². The Morgan fingerprint density at radius 2 is 1.33 bits per heavy atom. The Morgan fingerprint density at radius 3 is 1.96 bits per heavy atom. The summed E-state index contributed by atoms with van der Waals surface area (Å²) in [7, 11) is 0. The summed E-state index contributed by atoms with van der Waals surface area (Å²) in [4.78, 5) is 16.0. The zero-order chi connectivity index (χ0) is 38.5. The van der Waals surface area contributed by atoms with Gasteiger partial charge < -0.3 is 5.11 Å². The van der Waals surface area contributed by atoms with Crippen LogP contribution in [0.25, 0.3) is 54.7 Å². The van der Waals surface area contributed by atoms with Crippen molar-refractivity contribution in [2.75, 3.05) is 0 Å². The van der Waals surface area contributed by atoms with Crippen molar-refractivity contribution in [1.82, 2.24) is 4.98 Å². The Labute approximate surface area is 331 Å². The fraction of sp³-hybridized carbons (Fsp3) is 0.319. The van der Waals surface area contributed by atoms with Gasteiger partial charge in [-0.25, -0.2) is 0 Å². The van der Waals surface area contributed by atoms with Crippen LogP contribution in [0.2, 0.25) is 0 Å². The first kappa shape index (κ1) is 42.4. The third-order valence-corrected chi connectivity index (χ3v) is 10.2. The first-order valence-electron chi connectivity index (χ1n) is 18.6. The number of allylic oxidation sites excluding steroid dienone is 2. The van der Waals surface area contributed by atoms with E-state index >= 15 is 0 Å². The van der Waals surface area contributed by atoms with Crippen LogP contribution in [0.5, 0.6) is 0 Å². The maximum absolute atomic E-state index is 14.2. The van der Waals surface area contributed by atoms with E-state index in [1.807, 2.05) is 100 Å². The van der Waals surface area contributed by atoms with Gasteiger partial charge in [0.25, 0.3) is 0 Å². The van der Waals surface area contributed by atoms with E-state index in [1.54, 1.807) is 12.1 Å². The van der Waals surface area contributed by atoms with Gasteiger partial charge >= 0.3 is 6.18 Å². The SMILES string of the molecule is CC(C)(C)c1cc(-c2cc(-c3ccc4c(ccc5ccccc54)c3)c(C(F)(F)F)cn2)[c-]c2ccccc12.CCC(CC)C(=O)/C=C(\O)C(CC)CC.[Ir]. The van der Waals surface area contributed by atoms with Gasteiger partial charge in [0.2, 0.25) is 0 Å². The standard InChI is InChI=1S/C34H25F3N.C13H24O2.Ir/c1-33(2,3)30-18-25(17-22-9-5-7-11-28(22)30)32-19-29(31(20-38-32)34(35,36)37)24-14-15-27-23(16-24)13-12-21-8-4-6-10-26(21)27;1-5-10(6-2)12(14)9-13(15)11(7-3)8-4;/h4-16,18-20H,1-3H3;9-11,14H,5-8H2,1-4H3;/q-1;;/b;12-9-;. The van der Waals surface area contributed by atoms with Gasteiger partial charge in [0.05, 0.1) is 11.3 Å². The maximum Gasteiger partial charge on any atom is 0.418 e. The summed E-state index contributed by atoms with van der Waals surface area (Å²) < 4.78 is 42.5. The number of rotatable bonds is 9. The normalized spacial score (nSPS) is 12.3. The number of ketones is 1. The van der Waals surface area contributed by atoms with Crippen LogP contribution >= 0.6 is 0 Å². The molecule has 54 heavy (non-hydrogen) atoms. The third-order valence-electron chi connectivity index (χ3n) is 10.2. The summed E-state index contributed by atoms with van der Waals surface area (Å²) in [5.41, 5.74) is 1.93. The van der Waals surface area contributed by atoms with E-state index in [4.69, 9.17) is 0 Å². The van der Waals surface area contributed by atoms with Crippen molar-refractivity contribution < 1.29 is 43.2 Å². The van der Waals surface area contributed by atoms with E-state index in [0.29, 0.717) is 16.8 Å². The average Bonchev–Trinajstić information content (AvgIpc) is 3.14. The van der Waals surface area contributed by atoms with E-state index in [-0.39, 0.29) is 54.5 Å². The topological polar surface area (TPSA) is 50.2 Å². The second-order valence-corrected chi connectivity index (χ2v) is 14.7. The number of pyridine rings is 1. The molecule has 1 aromatic heterocycles. The molecule has 285 valence electrons. The minimum absolute atomic E-state index is 0. The van der Waals surface area contributed by atoms with Crippen molar-refractivity contribution >= 4 is 38.1 Å². The van der Waals surface area contributed by atoms with Crippen molar-refractivity contribution in [3.63, 3.8) is 0 Å². The minimum Gasteiger partial charge on any atom is -0.512 e. The number of hydrogen-bond acceptors (Lipinski definition) is 3. The number of fused-ring (bicyclic) bond motifs is 4. The van der Waals surface area contributed by atoms with Crippen molar-refractivity contribution in [1.29, 1.82) is 0 Å². The van der Waals surface area contributed by atoms with Gasteiger partial charge in [-0.15, -0.1) is 29.1 Å². The van der Waals surface area contributed by atoms with Crippen LogP contribution in [-0.2, 0) is 36.5 Å². The van der Waals surface area contributed by atoms with Gasteiger partial charge in [-0.2, -0.15) is 13.2 Å². The number of nitrogens with zero attached hydrogens (tertiary/aromatic N) is 1. The summed E-state index contributed by atoms with van der Waals surface area (Å²) in [5.74, 6) is 0.547. The van der Waals surface area contributed by atoms with Gasteiger partial charge in [-0.05, 0) is 69.8 Å². The van der Waals surface area contributed by atoms with Gasteiger partial charge in [-0.1, -0.05) is 132 Å². The zero-order valence-electron chi connectivity index (χ0n) is 32.1. The van der Waals surface area contributed by atoms with Crippen molar-refractivity contribution in [2.24, 2.45) is 11.8 Å². The van der Waals surface area contributed by atoms with Gasteiger partial charge in [0.1, 0.15) is 0 Å². The first-order chi connectivity index (χ1) is 25.2. The zero-order valence-corrected chi connectivity index (χ0v) is 34.5. The van der Waals surface area contributed by atoms with Crippen LogP contribution in [0.4, 0.5) is 13.2 Å². The fourth-order valence-corrected chi connectivity index (χ4v) is 7.02. The third kappa shape index (κ3) is 9.48. The fourth-order valence-electron chi connectivity index (χ4n) is 7.02. The van der Waals surface area contributed by atoms with Crippen molar-refractivity contribution in [2.45, 2.75) is 85.7 Å². The van der Waals surface area contributed by atoms with Crippen LogP contribution in [-0.4, -0.2) is 15.9 Å². The quantitative estimate of drug-likeness (QED) is 0.0681. The van der Waals surface area contributed by atoms with Crippen molar-refractivity contribution in [3.8, 4) is 22.4 Å². The molecule has 0 bridgehead atoms. The van der Waals surface area contributed by atoms with Crippen LogP contribution < -0.4 is 0 Å². The molecule has 0 aliphatic rings. The molecule has 0 amide bonds. The number of aliphatic hydroxyl groups excluding tert-OH is 1. The van der Waals surface area contributed by atoms with E-state index in [2.05, 4.69) is 37.9 Å². The summed E-state index contributed by atoms with van der Waals surface area (Å²) >= 11 is 0. The number of hydrogen-bond donors (Lipinski definition) is 1. The molecule has 0 saturated heterocycles. The summed E-state index contributed by atoms with van der Waals surface area (Å²) in [6.07, 6.45) is 1.32. The van der Waals surface area contributed by atoms with Crippen molar-refractivity contribution in [3.05, 3.63) is 126 Å². The van der Waals surface area contributed by atoms with E-state index < -0.39 is 11.7 Å². The molecule has 0 saturated carbocycles. The molecule has 0 aliphatic carbocycles. The Balaban J connectivity index is 0.000000347. The van der Waals surface area contributed by atoms with E-state index in [1.165, 1.54) is 6.08 Å². The monoisotopic (exact) mass is 909 g/mol. The molecule has 0 fully saturated rings. The Kier molecular flexibility index (Phi) is 14.0. The number of halogens is 3. The average molecular weight is 909 g/mol. The smallest absolute Gasteiger partial charge is 0.418 e. The first-order valence-corrected chi connectivity index (χ1v) is 18.6. The Bertz CT molecular complexity index is 2260. The van der Waals surface area contributed by atoms with Crippen LogP contribution in [0, 0.1) is 17.9 Å². The number of aromatic nitrogens is 1. The summed E-state index contributed by atoms with van der Waals surface area (Å²) in [5, 5.41) is 15.8. The number of alkyl halides is 3. The van der Waals surface area contributed by atoms with Crippen LogP contribution in [0.3, 0.4) is 0 Å². The number of carbonyl (C=O) groups is 1. The molecule has 1 heterocycles. The Morgan fingerprint density at radius 1 is 0.741 bits per heavy atom. The Hall–Kier alpha value is -4.32. The number of carbonyl (C=O) groups excluding carboxylic acids is 1. The molecule has 1 N–H and O–H groups in total. The van der Waals surface area contributed by atoms with E-state index in [0.717, 1.165) is 69.8 Å². The van der Waals surface area contributed by atoms with Gasteiger partial charge in [0, 0.05) is 49.9 Å². The second kappa shape index (κ2) is 17.9. The molecule has 1 radical (unpaired) electrons. The molecule has 0 unspecified atom stereocenters. The molecular weight excluding hydrogens is 860 g/mol. The molecule has 0 aliphatic heterocycles. The largest absolute Gasteiger partial charge is 0.512 e. The van der Waals surface area contributed by atoms with Gasteiger partial charge in [-0.3, -0.25) is 9.78 Å². The summed E-state index contributed by atoms with van der Waals surface area (Å²) in [6, 6.07) is 32.4. The molecular formula is C47H49F3IrNO2-. The minimum atomic E-state index is -4.54. The molecule has 6 aromatic rings. The molecule has 0 spiro atoms. The molecule has 0 atom stereocenters. The summed E-state index contributed by atoms with van der Waals surface area (Å²) in [6.45, 7) is 14.5. The van der Waals surface area contributed by atoms with Crippen LogP contribution in [0.15, 0.2) is 109 Å². The molecule has 6 rings (SSSR count).